The van der Waals surface area contributed by atoms with Crippen molar-refractivity contribution in [1.82, 2.24) is 15.5 Å². The first kappa shape index (κ1) is 25.9. The highest BCUT2D eigenvalue weighted by atomic mass is 15.1. The van der Waals surface area contributed by atoms with E-state index < -0.39 is 0 Å². The van der Waals surface area contributed by atoms with Gasteiger partial charge < -0.3 is 5.32 Å². The Kier molecular flexibility index (Phi) is 9.11. The van der Waals surface area contributed by atoms with Crippen LogP contribution in [0.2, 0.25) is 0 Å². The highest BCUT2D eigenvalue weighted by Crippen LogP contribution is 2.41. The van der Waals surface area contributed by atoms with E-state index in [1.54, 1.807) is 0 Å². The van der Waals surface area contributed by atoms with Gasteiger partial charge >= 0.3 is 0 Å². The van der Waals surface area contributed by atoms with E-state index >= 15 is 0 Å². The number of nitrogens with zero attached hydrogens (tertiary/aromatic N) is 2. The molecule has 1 unspecified atom stereocenters. The molecule has 1 aromatic heterocycles. The number of aromatic nitrogens is 2. The minimum absolute atomic E-state index is 0.413. The average molecular weight is 481 g/mol. The number of aliphatic imine (C=N–C) groups is 1. The largest absolute Gasteiger partial charge is 0.312 e. The molecule has 1 atom stereocenters. The van der Waals surface area contributed by atoms with Gasteiger partial charge in [0.1, 0.15) is 5.69 Å². The molecule has 0 amide bonds. The van der Waals surface area contributed by atoms with E-state index in [-0.39, 0.29) is 0 Å². The van der Waals surface area contributed by atoms with Gasteiger partial charge in [-0.05, 0) is 100 Å². The predicted octanol–water partition coefficient (Wildman–Crippen LogP) is 7.67. The number of H-pyrrole nitrogens is 1. The monoisotopic (exact) mass is 480 g/mol. The maximum absolute atomic E-state index is 4.81. The Hall–Kier alpha value is -3.20. The highest BCUT2D eigenvalue weighted by molar-refractivity contribution is 5.89. The molecule has 0 aromatic carbocycles. The van der Waals surface area contributed by atoms with Gasteiger partial charge in [-0.2, -0.15) is 5.10 Å². The summed E-state index contributed by atoms with van der Waals surface area (Å²) in [7, 11) is 0. The van der Waals surface area contributed by atoms with Gasteiger partial charge in [0.15, 0.2) is 0 Å². The van der Waals surface area contributed by atoms with Crippen LogP contribution < -0.4 is 5.32 Å². The number of aromatic amines is 1. The summed E-state index contributed by atoms with van der Waals surface area (Å²) in [6.45, 7) is 12.7. The van der Waals surface area contributed by atoms with Crippen LogP contribution >= 0.6 is 0 Å². The molecule has 0 spiro atoms. The first-order valence-corrected chi connectivity index (χ1v) is 13.5. The molecular formula is C32H40N4. The lowest BCUT2D eigenvalue weighted by Crippen LogP contribution is -2.16. The van der Waals surface area contributed by atoms with Crippen LogP contribution in [0.15, 0.2) is 93.9 Å². The van der Waals surface area contributed by atoms with E-state index in [9.17, 15) is 0 Å². The van der Waals surface area contributed by atoms with E-state index in [2.05, 4.69) is 97.3 Å². The molecule has 4 heteroatoms. The fraction of sp³-hybridized carbons (Fsp3) is 0.406. The number of hydrogen-bond donors (Lipinski definition) is 2. The summed E-state index contributed by atoms with van der Waals surface area (Å²) in [5.74, 6) is 0.413. The van der Waals surface area contributed by atoms with E-state index in [1.807, 2.05) is 0 Å². The topological polar surface area (TPSA) is 53.1 Å². The van der Waals surface area contributed by atoms with Gasteiger partial charge in [-0.1, -0.05) is 49.5 Å². The lowest BCUT2D eigenvalue weighted by molar-refractivity contribution is 0.580. The van der Waals surface area contributed by atoms with Gasteiger partial charge in [0, 0.05) is 29.6 Å². The van der Waals surface area contributed by atoms with E-state index in [0.29, 0.717) is 5.92 Å². The minimum atomic E-state index is 0.413. The van der Waals surface area contributed by atoms with Crippen molar-refractivity contribution in [1.29, 1.82) is 0 Å². The second-order valence-electron chi connectivity index (χ2n) is 9.90. The molecule has 2 N–H and O–H groups in total. The summed E-state index contributed by atoms with van der Waals surface area (Å²) in [4.78, 5) is 4.81. The summed E-state index contributed by atoms with van der Waals surface area (Å²) in [5.41, 5.74) is 14.2. The van der Waals surface area contributed by atoms with Crippen LogP contribution in [0.4, 0.5) is 0 Å². The zero-order valence-electron chi connectivity index (χ0n) is 22.2. The number of hydrogen-bond acceptors (Lipinski definition) is 3. The van der Waals surface area contributed by atoms with Gasteiger partial charge in [-0.25, -0.2) is 0 Å². The summed E-state index contributed by atoms with van der Waals surface area (Å²) in [5, 5.41) is 11.2. The standard InChI is InChI=1S/C32H40N4/c1-5-18-33-21-25-11-7-8-12-27(17-15-25)26(6-2)19-29-20-28(16-14-23(29)3)30-22-34-36-32(30)31-13-9-10-24(4)35-31/h6-7,12-13,15,17,19,22,28,33H,3,5,8-10,14,16,18,20-21H2,1-2,4H3,(H,34,36)/b17-15+,26-6+,27-12+,29-19-. The zero-order valence-corrected chi connectivity index (χ0v) is 22.2. The smallest absolute Gasteiger partial charge is 0.114 e. The second-order valence-corrected chi connectivity index (χ2v) is 9.90. The lowest BCUT2D eigenvalue weighted by atomic mass is 9.78. The third kappa shape index (κ3) is 6.51. The molecule has 1 aromatic rings. The summed E-state index contributed by atoms with van der Waals surface area (Å²) < 4.78 is 0. The highest BCUT2D eigenvalue weighted by Gasteiger charge is 2.26. The Labute approximate surface area is 216 Å². The van der Waals surface area contributed by atoms with Crippen molar-refractivity contribution in [2.24, 2.45) is 4.99 Å². The van der Waals surface area contributed by atoms with Crippen LogP contribution in [0.25, 0.3) is 5.70 Å². The Morgan fingerprint density at radius 1 is 1.28 bits per heavy atom. The van der Waals surface area contributed by atoms with Crippen LogP contribution in [0, 0.1) is 0 Å². The van der Waals surface area contributed by atoms with Gasteiger partial charge in [0.2, 0.25) is 0 Å². The molecule has 1 saturated carbocycles. The van der Waals surface area contributed by atoms with Crippen molar-refractivity contribution in [3.63, 3.8) is 0 Å². The molecule has 0 bridgehead atoms. The third-order valence-electron chi connectivity index (χ3n) is 7.15. The Bertz CT molecular complexity index is 1220. The second kappa shape index (κ2) is 12.7. The van der Waals surface area contributed by atoms with Crippen LogP contribution in [0.5, 0.6) is 0 Å². The normalized spacial score (nSPS) is 24.4. The molecule has 4 nitrogen and oxygen atoms in total. The summed E-state index contributed by atoms with van der Waals surface area (Å²) >= 11 is 0. The van der Waals surface area contributed by atoms with Crippen molar-refractivity contribution >= 4 is 11.4 Å². The fourth-order valence-corrected chi connectivity index (χ4v) is 5.06. The predicted molar refractivity (Wildman–Crippen MR) is 153 cm³/mol. The van der Waals surface area contributed by atoms with E-state index in [1.165, 1.54) is 39.1 Å². The Morgan fingerprint density at radius 3 is 2.97 bits per heavy atom. The van der Waals surface area contributed by atoms with Crippen LogP contribution in [-0.2, 0) is 0 Å². The average Bonchev–Trinajstić information content (AvgIpc) is 3.36. The molecule has 0 radical (unpaired) electrons. The number of allylic oxidation sites excluding steroid dienone is 9. The molecule has 1 aliphatic heterocycles. The molecule has 1 fully saturated rings. The molecule has 36 heavy (non-hydrogen) atoms. The number of nitrogens with one attached hydrogen (secondary N) is 2. The molecule has 2 heterocycles. The van der Waals surface area contributed by atoms with Crippen molar-refractivity contribution in [2.75, 3.05) is 13.1 Å². The van der Waals surface area contributed by atoms with Gasteiger partial charge in [-0.15, -0.1) is 5.73 Å². The van der Waals surface area contributed by atoms with Crippen LogP contribution in [0.1, 0.15) is 82.9 Å². The van der Waals surface area contributed by atoms with Crippen LogP contribution in [-0.4, -0.2) is 29.0 Å². The minimum Gasteiger partial charge on any atom is -0.312 e. The number of rotatable bonds is 8. The SMILES string of the molecule is C=C1CCC(c2c[nH]nc2C2=CCCC(C)=N2)C/C1=C/C(=C\C)C1=C/CC=C=C(CNCCC)\C=C\1. The Balaban J connectivity index is 1.53. The summed E-state index contributed by atoms with van der Waals surface area (Å²) in [6.07, 6.45) is 24.9. The fourth-order valence-electron chi connectivity index (χ4n) is 5.06. The first-order chi connectivity index (χ1) is 17.6. The van der Waals surface area contributed by atoms with Gasteiger partial charge in [-0.3, -0.25) is 10.1 Å². The van der Waals surface area contributed by atoms with Crippen molar-refractivity contribution in [2.45, 2.75) is 71.6 Å². The summed E-state index contributed by atoms with van der Waals surface area (Å²) in [6, 6.07) is 0. The van der Waals surface area contributed by atoms with Crippen LogP contribution in [0.3, 0.4) is 0 Å². The molecule has 4 rings (SSSR count). The van der Waals surface area contributed by atoms with E-state index in [4.69, 9.17) is 4.99 Å². The first-order valence-electron chi connectivity index (χ1n) is 13.5. The van der Waals surface area contributed by atoms with Crippen molar-refractivity contribution in [3.8, 4) is 0 Å². The third-order valence-corrected chi connectivity index (χ3v) is 7.15. The molecule has 3 aliphatic rings. The molecular weight excluding hydrogens is 440 g/mol. The molecule has 0 saturated heterocycles. The van der Waals surface area contributed by atoms with Crippen molar-refractivity contribution in [3.05, 3.63) is 100 Å². The van der Waals surface area contributed by atoms with Gasteiger partial charge in [0.05, 0.1) is 5.70 Å². The zero-order chi connectivity index (χ0) is 25.3. The maximum Gasteiger partial charge on any atom is 0.114 e. The maximum atomic E-state index is 4.81. The lowest BCUT2D eigenvalue weighted by Gasteiger charge is -2.27. The Morgan fingerprint density at radius 2 is 2.17 bits per heavy atom. The van der Waals surface area contributed by atoms with E-state index in [0.717, 1.165) is 69.4 Å². The molecule has 188 valence electrons. The quantitative estimate of drug-likeness (QED) is 0.296. The molecule has 2 aliphatic carbocycles. The van der Waals surface area contributed by atoms with Crippen molar-refractivity contribution < 1.29 is 0 Å². The van der Waals surface area contributed by atoms with Gasteiger partial charge in [0.25, 0.3) is 0 Å².